The maximum absolute atomic E-state index is 9.39. The van der Waals surface area contributed by atoms with Crippen molar-refractivity contribution in [2.45, 2.75) is 6.92 Å². The first-order valence-electron chi connectivity index (χ1n) is 1.16. The van der Waals surface area contributed by atoms with Crippen molar-refractivity contribution < 1.29 is 9.59 Å². The monoisotopic (exact) mass is 71.0 g/mol. The molecular formula is C3H3O2-. The SMILES string of the molecule is CC(=O)[C-]=O. The van der Waals surface area contributed by atoms with E-state index in [1.807, 2.05) is 0 Å². The molecule has 2 heteroatoms. The summed E-state index contributed by atoms with van der Waals surface area (Å²) in [6, 6.07) is 0. The van der Waals surface area contributed by atoms with Crippen LogP contribution in [-0.4, -0.2) is 12.1 Å². The standard InChI is InChI=1S/C3H3O2/c1-3(5)2-4/h1H3/q-1. The summed E-state index contributed by atoms with van der Waals surface area (Å²) in [4.78, 5) is 18.4. The highest BCUT2D eigenvalue weighted by atomic mass is 16.2. The molecule has 0 bridgehead atoms. The minimum absolute atomic E-state index is 0.551. The number of hydrogen-bond donors (Lipinski definition) is 0. The van der Waals surface area contributed by atoms with Gasteiger partial charge in [0.1, 0.15) is 0 Å². The van der Waals surface area contributed by atoms with Gasteiger partial charge in [-0.1, -0.05) is 0 Å². The predicted molar refractivity (Wildman–Crippen MR) is 16.4 cm³/mol. The van der Waals surface area contributed by atoms with Crippen LogP contribution >= 0.6 is 0 Å². The van der Waals surface area contributed by atoms with Gasteiger partial charge < -0.3 is 9.59 Å². The lowest BCUT2D eigenvalue weighted by molar-refractivity contribution is -0.111. The van der Waals surface area contributed by atoms with Gasteiger partial charge in [-0.05, 0) is 6.92 Å². The van der Waals surface area contributed by atoms with E-state index in [1.54, 1.807) is 0 Å². The first-order valence-corrected chi connectivity index (χ1v) is 1.16. The molecule has 28 valence electrons. The lowest BCUT2D eigenvalue weighted by atomic mass is 10.5. The van der Waals surface area contributed by atoms with E-state index in [2.05, 4.69) is 0 Å². The molecule has 0 radical (unpaired) electrons. The van der Waals surface area contributed by atoms with Crippen LogP contribution in [0.15, 0.2) is 0 Å². The number of hydrogen-bond acceptors (Lipinski definition) is 2. The van der Waals surface area contributed by atoms with Crippen LogP contribution in [0.25, 0.3) is 0 Å². The topological polar surface area (TPSA) is 34.1 Å². The van der Waals surface area contributed by atoms with Crippen LogP contribution in [0.1, 0.15) is 6.92 Å². The van der Waals surface area contributed by atoms with E-state index in [0.29, 0.717) is 0 Å². The fraction of sp³-hybridized carbons (Fsp3) is 0.333. The van der Waals surface area contributed by atoms with Gasteiger partial charge in [0.15, 0.2) is 0 Å². The van der Waals surface area contributed by atoms with Gasteiger partial charge in [0, 0.05) is 5.78 Å². The Labute approximate surface area is 29.8 Å². The van der Waals surface area contributed by atoms with Gasteiger partial charge in [0.05, 0.1) is 0 Å². The normalized spacial score (nSPS) is 6.60. The van der Waals surface area contributed by atoms with Gasteiger partial charge >= 0.3 is 0 Å². The van der Waals surface area contributed by atoms with Crippen LogP contribution in [-0.2, 0) is 9.59 Å². The predicted octanol–water partition coefficient (Wildman–Crippen LogP) is -0.315. The number of carbonyl (C=O) groups is 1. The summed E-state index contributed by atoms with van der Waals surface area (Å²) in [5.74, 6) is -0.551. The Kier molecular flexibility index (Phi) is 1.42. The largest absolute Gasteiger partial charge is 0.534 e. The molecule has 0 rings (SSSR count). The molecule has 0 N–H and O–H groups in total. The summed E-state index contributed by atoms with van der Waals surface area (Å²) < 4.78 is 0. The number of rotatable bonds is 1. The molecule has 0 aromatic heterocycles. The van der Waals surface area contributed by atoms with Gasteiger partial charge in [-0.25, -0.2) is 0 Å². The molecule has 0 aliphatic rings. The first-order chi connectivity index (χ1) is 2.27. The maximum Gasteiger partial charge on any atom is 0.0121 e. The third kappa shape index (κ3) is 3.34. The van der Waals surface area contributed by atoms with Crippen LogP contribution in [0.3, 0.4) is 0 Å². The average molecular weight is 71.1 g/mol. The fourth-order valence-corrected chi connectivity index (χ4v) is 0. The Morgan fingerprint density at radius 1 is 1.80 bits per heavy atom. The van der Waals surface area contributed by atoms with E-state index in [9.17, 15) is 4.79 Å². The smallest absolute Gasteiger partial charge is 0.0121 e. The van der Waals surface area contributed by atoms with Crippen molar-refractivity contribution >= 4 is 12.1 Å². The molecular weight excluding hydrogens is 68.0 g/mol. The van der Waals surface area contributed by atoms with E-state index in [0.717, 1.165) is 13.2 Å². The van der Waals surface area contributed by atoms with E-state index in [-0.39, 0.29) is 0 Å². The van der Waals surface area contributed by atoms with Crippen LogP contribution < -0.4 is 0 Å². The fourth-order valence-electron chi connectivity index (χ4n) is 0. The lowest BCUT2D eigenvalue weighted by Gasteiger charge is -1.77. The minimum Gasteiger partial charge on any atom is -0.534 e. The molecule has 5 heavy (non-hydrogen) atoms. The van der Waals surface area contributed by atoms with Crippen molar-refractivity contribution in [2.75, 3.05) is 0 Å². The molecule has 0 aromatic rings. The summed E-state index contributed by atoms with van der Waals surface area (Å²) in [6.07, 6.45) is 1.14. The molecule has 0 aromatic carbocycles. The molecule has 0 saturated carbocycles. The number of Topliss-reactive ketones (excluding diaryl/α,β-unsaturated/α-hetero) is 1. The highest BCUT2D eigenvalue weighted by molar-refractivity contribution is 6.24. The highest BCUT2D eigenvalue weighted by Crippen LogP contribution is 1.48. The zero-order valence-corrected chi connectivity index (χ0v) is 2.82. The molecule has 0 saturated heterocycles. The minimum atomic E-state index is -0.551. The second-order valence-corrected chi connectivity index (χ2v) is 0.658. The summed E-state index contributed by atoms with van der Waals surface area (Å²) in [5.41, 5.74) is 0. The van der Waals surface area contributed by atoms with Crippen molar-refractivity contribution in [1.82, 2.24) is 0 Å². The lowest BCUT2D eigenvalue weighted by Crippen LogP contribution is -1.85. The van der Waals surface area contributed by atoms with E-state index < -0.39 is 5.78 Å². The van der Waals surface area contributed by atoms with Crippen molar-refractivity contribution in [1.29, 1.82) is 0 Å². The summed E-state index contributed by atoms with van der Waals surface area (Å²) >= 11 is 0. The van der Waals surface area contributed by atoms with Gasteiger partial charge in [0.2, 0.25) is 0 Å². The van der Waals surface area contributed by atoms with Crippen LogP contribution in [0.4, 0.5) is 0 Å². The zero-order chi connectivity index (χ0) is 4.28. The second-order valence-electron chi connectivity index (χ2n) is 0.658. The molecule has 0 spiro atoms. The van der Waals surface area contributed by atoms with Gasteiger partial charge in [-0.3, -0.25) is 0 Å². The van der Waals surface area contributed by atoms with Crippen LogP contribution in [0.2, 0.25) is 0 Å². The molecule has 0 amide bonds. The average Bonchev–Trinajstić information content (AvgIpc) is 1.38. The van der Waals surface area contributed by atoms with Crippen molar-refractivity contribution in [3.05, 3.63) is 0 Å². The molecule has 0 aliphatic carbocycles. The van der Waals surface area contributed by atoms with Gasteiger partial charge in [-0.15, -0.1) is 0 Å². The molecule has 0 atom stereocenters. The van der Waals surface area contributed by atoms with Gasteiger partial charge in [-0.2, -0.15) is 6.29 Å². The number of carbonyl (C=O) groups excluding carboxylic acids is 2. The van der Waals surface area contributed by atoms with E-state index in [4.69, 9.17) is 4.79 Å². The zero-order valence-electron chi connectivity index (χ0n) is 2.82. The van der Waals surface area contributed by atoms with Crippen molar-refractivity contribution in [3.63, 3.8) is 0 Å². The third-order valence-electron chi connectivity index (χ3n) is 0.144. The van der Waals surface area contributed by atoms with Crippen LogP contribution in [0.5, 0.6) is 0 Å². The molecule has 0 unspecified atom stereocenters. The second kappa shape index (κ2) is 1.64. The molecule has 0 aliphatic heterocycles. The molecule has 0 heterocycles. The van der Waals surface area contributed by atoms with Crippen molar-refractivity contribution in [2.24, 2.45) is 0 Å². The van der Waals surface area contributed by atoms with E-state index in [1.165, 1.54) is 0 Å². The number of ketones is 1. The van der Waals surface area contributed by atoms with Crippen LogP contribution in [0, 0.1) is 0 Å². The third-order valence-corrected chi connectivity index (χ3v) is 0.144. The van der Waals surface area contributed by atoms with E-state index >= 15 is 0 Å². The Morgan fingerprint density at radius 2 is 2.00 bits per heavy atom. The summed E-state index contributed by atoms with van der Waals surface area (Å²) in [6.45, 7) is 1.16. The molecule has 2 nitrogen and oxygen atoms in total. The Morgan fingerprint density at radius 3 is 2.00 bits per heavy atom. The van der Waals surface area contributed by atoms with Crippen molar-refractivity contribution in [3.8, 4) is 0 Å². The Bertz CT molecular complexity index is 55.9. The highest BCUT2D eigenvalue weighted by Gasteiger charge is 1.56. The first kappa shape index (κ1) is 4.34. The quantitative estimate of drug-likeness (QED) is 0.314. The van der Waals surface area contributed by atoms with Gasteiger partial charge in [0.25, 0.3) is 0 Å². The Hall–Kier alpha value is -0.660. The summed E-state index contributed by atoms with van der Waals surface area (Å²) in [7, 11) is 0. The molecule has 0 fully saturated rings. The summed E-state index contributed by atoms with van der Waals surface area (Å²) in [5, 5.41) is 0. The maximum atomic E-state index is 9.39. The Balaban J connectivity index is 3.20.